The van der Waals surface area contributed by atoms with Gasteiger partial charge in [0, 0.05) is 35.3 Å². The molecule has 152 valence electrons. The van der Waals surface area contributed by atoms with Gasteiger partial charge in [0.1, 0.15) is 12.0 Å². The van der Waals surface area contributed by atoms with E-state index < -0.39 is 29.7 Å². The molecule has 1 atom stereocenters. The van der Waals surface area contributed by atoms with Crippen LogP contribution in [-0.4, -0.2) is 39.9 Å². The van der Waals surface area contributed by atoms with Crippen LogP contribution in [0, 0.1) is 17.5 Å². The summed E-state index contributed by atoms with van der Waals surface area (Å²) in [6.07, 6.45) is 0.675. The number of carbonyl (C=O) groups excluding carboxylic acids is 1. The number of aromatic nitrogens is 1. The molecule has 2 aromatic carbocycles. The Labute approximate surface area is 166 Å². The molecule has 0 unspecified atom stereocenters. The number of benzene rings is 2. The van der Waals surface area contributed by atoms with Crippen LogP contribution in [0.2, 0.25) is 0 Å². The first kappa shape index (κ1) is 19.6. The quantitative estimate of drug-likeness (QED) is 0.503. The largest absolute Gasteiger partial charge is 0.391 e. The Morgan fingerprint density at radius 1 is 1.21 bits per heavy atom. The molecule has 1 aliphatic rings. The molecule has 0 saturated carbocycles. The summed E-state index contributed by atoms with van der Waals surface area (Å²) in [5.74, 6) is -3.37. The number of halogens is 4. The molecular weight excluding hydrogens is 410 g/mol. The molecule has 1 saturated heterocycles. The second-order valence-corrected chi connectivity index (χ2v) is 7.71. The van der Waals surface area contributed by atoms with Crippen LogP contribution in [0.5, 0.6) is 0 Å². The number of fused-ring (bicyclic) bond motifs is 1. The highest BCUT2D eigenvalue weighted by Gasteiger charge is 2.25. The van der Waals surface area contributed by atoms with Crippen LogP contribution in [0.4, 0.5) is 22.4 Å². The zero-order chi connectivity index (χ0) is 20.7. The van der Waals surface area contributed by atoms with Crippen LogP contribution in [-0.2, 0) is 6.61 Å². The van der Waals surface area contributed by atoms with Gasteiger partial charge in [0.05, 0.1) is 18.0 Å². The summed E-state index contributed by atoms with van der Waals surface area (Å²) in [6.45, 7) is -0.0905. The number of aliphatic hydroxyl groups excluding tert-OH is 1. The van der Waals surface area contributed by atoms with Crippen molar-refractivity contribution in [3.63, 3.8) is 0 Å². The number of alkyl halides is 1. The molecule has 0 spiro atoms. The van der Waals surface area contributed by atoms with Crippen molar-refractivity contribution < 1.29 is 27.5 Å². The third-order valence-electron chi connectivity index (χ3n) is 4.69. The highest BCUT2D eigenvalue weighted by molar-refractivity contribution is 7.09. The van der Waals surface area contributed by atoms with Crippen LogP contribution in [0.15, 0.2) is 35.5 Å². The minimum Gasteiger partial charge on any atom is -0.391 e. The van der Waals surface area contributed by atoms with Crippen LogP contribution in [0.1, 0.15) is 11.3 Å². The summed E-state index contributed by atoms with van der Waals surface area (Å²) in [4.78, 5) is 18.3. The van der Waals surface area contributed by atoms with Crippen molar-refractivity contribution in [2.24, 2.45) is 4.99 Å². The topological polar surface area (TPSA) is 57.8 Å². The normalized spacial score (nSPS) is 17.5. The Morgan fingerprint density at radius 2 is 2.00 bits per heavy atom. The fourth-order valence-electron chi connectivity index (χ4n) is 3.22. The van der Waals surface area contributed by atoms with Gasteiger partial charge < -0.3 is 10.0 Å². The van der Waals surface area contributed by atoms with Crippen molar-refractivity contribution >= 4 is 28.1 Å². The minimum absolute atomic E-state index is 0.0351. The lowest BCUT2D eigenvalue weighted by atomic mass is 10.1. The maximum Gasteiger partial charge on any atom is 0.346 e. The van der Waals surface area contributed by atoms with Gasteiger partial charge in [0.15, 0.2) is 16.4 Å². The van der Waals surface area contributed by atoms with E-state index in [2.05, 4.69) is 4.99 Å². The van der Waals surface area contributed by atoms with Crippen molar-refractivity contribution in [2.45, 2.75) is 19.2 Å². The fraction of sp³-hybridized carbons (Fsp3) is 0.263. The molecule has 5 nitrogen and oxygen atoms in total. The van der Waals surface area contributed by atoms with Crippen molar-refractivity contribution in [2.75, 3.05) is 13.1 Å². The second-order valence-electron chi connectivity index (χ2n) is 6.62. The second kappa shape index (κ2) is 7.60. The van der Waals surface area contributed by atoms with E-state index in [1.165, 1.54) is 33.9 Å². The fourth-order valence-corrected chi connectivity index (χ4v) is 4.06. The standard InChI is InChI=1S/C19H15F4N3O2S/c20-10-3-4-25(7-10)18(28)24-19-26(8-12(9-27)29-19)11-1-2-13-14(5-11)15(21)6-16(22)17(13)23/h1-2,5-6,8,10,27H,3-4,7,9H2/t10-/m1/s1. The highest BCUT2D eigenvalue weighted by Crippen LogP contribution is 2.26. The van der Waals surface area contributed by atoms with Crippen LogP contribution in [0.25, 0.3) is 16.5 Å². The molecule has 2 heterocycles. The molecule has 0 aliphatic carbocycles. The first-order chi connectivity index (χ1) is 13.9. The Balaban J connectivity index is 1.82. The number of aliphatic hydroxyl groups is 1. The number of carbonyl (C=O) groups is 1. The average molecular weight is 425 g/mol. The van der Waals surface area contributed by atoms with Gasteiger partial charge in [0.25, 0.3) is 0 Å². The van der Waals surface area contributed by atoms with Gasteiger partial charge in [-0.2, -0.15) is 4.99 Å². The number of nitrogens with zero attached hydrogens (tertiary/aromatic N) is 3. The average Bonchev–Trinajstić information content (AvgIpc) is 3.32. The molecular formula is C19H15F4N3O2S. The Kier molecular flexibility index (Phi) is 5.13. The van der Waals surface area contributed by atoms with Crippen LogP contribution in [0.3, 0.4) is 0 Å². The number of urea groups is 1. The van der Waals surface area contributed by atoms with E-state index in [0.717, 1.165) is 11.3 Å². The van der Waals surface area contributed by atoms with Gasteiger partial charge in [-0.1, -0.05) is 11.3 Å². The molecule has 0 bridgehead atoms. The molecule has 4 rings (SSSR count). The van der Waals surface area contributed by atoms with Crippen molar-refractivity contribution in [1.82, 2.24) is 9.47 Å². The van der Waals surface area contributed by atoms with E-state index in [-0.39, 0.29) is 41.7 Å². The van der Waals surface area contributed by atoms with Crippen molar-refractivity contribution in [3.05, 3.63) is 57.6 Å². The molecule has 3 aromatic rings. The maximum absolute atomic E-state index is 14.2. The molecule has 1 fully saturated rings. The molecule has 1 N–H and O–H groups in total. The molecule has 1 aliphatic heterocycles. The number of amides is 2. The van der Waals surface area contributed by atoms with Crippen LogP contribution >= 0.6 is 11.3 Å². The minimum atomic E-state index is -1.29. The zero-order valence-electron chi connectivity index (χ0n) is 14.9. The predicted octanol–water partition coefficient (Wildman–Crippen LogP) is 3.67. The van der Waals surface area contributed by atoms with Crippen LogP contribution < -0.4 is 4.80 Å². The summed E-state index contributed by atoms with van der Waals surface area (Å²) in [5, 5.41) is 9.09. The van der Waals surface area contributed by atoms with Gasteiger partial charge in [-0.3, -0.25) is 4.57 Å². The first-order valence-electron chi connectivity index (χ1n) is 8.75. The number of rotatable bonds is 2. The van der Waals surface area contributed by atoms with Gasteiger partial charge in [-0.25, -0.2) is 22.4 Å². The van der Waals surface area contributed by atoms with E-state index in [1.54, 1.807) is 0 Å². The maximum atomic E-state index is 14.2. The summed E-state index contributed by atoms with van der Waals surface area (Å²) in [6, 6.07) is 3.81. The molecule has 0 radical (unpaired) electrons. The van der Waals surface area contributed by atoms with Crippen molar-refractivity contribution in [1.29, 1.82) is 0 Å². The lowest BCUT2D eigenvalue weighted by Gasteiger charge is -2.11. The number of hydrogen-bond donors (Lipinski definition) is 1. The van der Waals surface area contributed by atoms with E-state index >= 15 is 0 Å². The third-order valence-corrected chi connectivity index (χ3v) is 5.66. The van der Waals surface area contributed by atoms with Gasteiger partial charge in [-0.15, -0.1) is 0 Å². The summed E-state index contributed by atoms with van der Waals surface area (Å²) >= 11 is 1.03. The predicted molar refractivity (Wildman–Crippen MR) is 99.0 cm³/mol. The van der Waals surface area contributed by atoms with E-state index in [9.17, 15) is 27.5 Å². The third kappa shape index (κ3) is 3.65. The summed E-state index contributed by atoms with van der Waals surface area (Å²) in [7, 11) is 0. The van der Waals surface area contributed by atoms with E-state index in [1.807, 2.05) is 0 Å². The SMILES string of the molecule is O=C(N=c1sc(CO)cn1-c1ccc2c(F)c(F)cc(F)c2c1)N1CC[C@@H](F)C1. The first-order valence-corrected chi connectivity index (χ1v) is 9.56. The summed E-state index contributed by atoms with van der Waals surface area (Å²) in [5.41, 5.74) is 0.342. The number of likely N-dealkylation sites (tertiary alicyclic amines) is 1. The highest BCUT2D eigenvalue weighted by atomic mass is 32.1. The van der Waals surface area contributed by atoms with E-state index in [0.29, 0.717) is 16.6 Å². The lowest BCUT2D eigenvalue weighted by Crippen LogP contribution is -2.28. The van der Waals surface area contributed by atoms with Crippen molar-refractivity contribution in [3.8, 4) is 5.69 Å². The Bertz CT molecular complexity index is 1170. The monoisotopic (exact) mass is 425 g/mol. The summed E-state index contributed by atoms with van der Waals surface area (Å²) < 4.78 is 56.4. The van der Waals surface area contributed by atoms with Gasteiger partial charge in [0.2, 0.25) is 0 Å². The molecule has 1 aromatic heterocycles. The zero-order valence-corrected chi connectivity index (χ0v) is 15.7. The Hall–Kier alpha value is -2.72. The van der Waals surface area contributed by atoms with Gasteiger partial charge in [-0.05, 0) is 24.6 Å². The number of thiazole rings is 1. The molecule has 2 amide bonds. The lowest BCUT2D eigenvalue weighted by molar-refractivity contribution is 0.213. The number of hydrogen-bond acceptors (Lipinski definition) is 3. The van der Waals surface area contributed by atoms with Gasteiger partial charge >= 0.3 is 6.03 Å². The smallest absolute Gasteiger partial charge is 0.346 e. The van der Waals surface area contributed by atoms with E-state index in [4.69, 9.17) is 0 Å². The molecule has 29 heavy (non-hydrogen) atoms. The molecule has 10 heteroatoms. The Morgan fingerprint density at radius 3 is 2.69 bits per heavy atom.